The van der Waals surface area contributed by atoms with Crippen LogP contribution in [0.15, 0.2) is 41.5 Å². The number of fused-ring (bicyclic) bond motifs is 3. The lowest BCUT2D eigenvalue weighted by atomic mass is 9.48. The molecule has 2 N–H and O–H groups in total. The molecule has 4 rings (SSSR count). The Bertz CT molecular complexity index is 1080. The molecule has 0 amide bonds. The monoisotopic (exact) mass is 528 g/mol. The minimum Gasteiger partial charge on any atom is -0.458 e. The maximum absolute atomic E-state index is 14.2. The van der Waals surface area contributed by atoms with Gasteiger partial charge in [-0.2, -0.15) is 0 Å². The van der Waals surface area contributed by atoms with Gasteiger partial charge in [-0.05, 0) is 49.8 Å². The van der Waals surface area contributed by atoms with E-state index >= 15 is 0 Å². The molecule has 0 aromatic heterocycles. The molecule has 1 saturated heterocycles. The van der Waals surface area contributed by atoms with Crippen molar-refractivity contribution in [2.45, 2.75) is 97.2 Å². The summed E-state index contributed by atoms with van der Waals surface area (Å²) in [5.41, 5.74) is -1.28. The predicted octanol–water partition coefficient (Wildman–Crippen LogP) is 4.03. The Morgan fingerprint density at radius 2 is 1.82 bits per heavy atom. The molecule has 210 valence electrons. The first-order valence-electron chi connectivity index (χ1n) is 13.8. The molecule has 7 heteroatoms. The van der Waals surface area contributed by atoms with Crippen LogP contribution in [-0.2, 0) is 30.2 Å². The molecule has 2 aliphatic carbocycles. The van der Waals surface area contributed by atoms with Gasteiger partial charge in [-0.3, -0.25) is 9.59 Å². The number of methoxy groups -OCH3 is 1. The number of carbonyl (C=O) groups excluding carboxylic acids is 2. The van der Waals surface area contributed by atoms with Gasteiger partial charge >= 0.3 is 5.97 Å². The van der Waals surface area contributed by atoms with Crippen molar-refractivity contribution in [1.29, 1.82) is 0 Å². The van der Waals surface area contributed by atoms with Crippen LogP contribution in [0.2, 0.25) is 0 Å². The maximum atomic E-state index is 14.2. The summed E-state index contributed by atoms with van der Waals surface area (Å²) in [6.45, 7) is 11.6. The molecule has 0 radical (unpaired) electrons. The minimum atomic E-state index is -1.46. The SMILES string of the molecule is CO[C@H]1C[C@H](C)OCC2[C@H](C)[C@]3(O)C[C@H](OC(=O)CCc4ccccc4)C(C)=C([C@@H](O)C(=O)[C@@]21C)C3(C)C. The van der Waals surface area contributed by atoms with Crippen LogP contribution in [0.1, 0.15) is 66.4 Å². The fourth-order valence-electron chi connectivity index (χ4n) is 7.54. The summed E-state index contributed by atoms with van der Waals surface area (Å²) in [6, 6.07) is 9.73. The molecule has 2 fully saturated rings. The lowest BCUT2D eigenvalue weighted by Crippen LogP contribution is -2.67. The zero-order valence-corrected chi connectivity index (χ0v) is 23.8. The molecule has 0 spiro atoms. The van der Waals surface area contributed by atoms with Crippen molar-refractivity contribution in [2.75, 3.05) is 13.7 Å². The summed E-state index contributed by atoms with van der Waals surface area (Å²) in [5.74, 6) is -1.55. The Hall–Kier alpha value is -2.06. The summed E-state index contributed by atoms with van der Waals surface area (Å²) in [6.07, 6.45) is -1.40. The summed E-state index contributed by atoms with van der Waals surface area (Å²) in [4.78, 5) is 27.2. The predicted molar refractivity (Wildman–Crippen MR) is 143 cm³/mol. The second-order valence-corrected chi connectivity index (χ2v) is 12.4. The fourth-order valence-corrected chi connectivity index (χ4v) is 7.54. The molecule has 1 aliphatic heterocycles. The number of aryl methyl sites for hydroxylation is 1. The van der Waals surface area contributed by atoms with Crippen LogP contribution in [0, 0.1) is 22.7 Å². The van der Waals surface area contributed by atoms with Gasteiger partial charge in [0, 0.05) is 37.7 Å². The van der Waals surface area contributed by atoms with Crippen LogP contribution in [0.5, 0.6) is 0 Å². The normalized spacial score (nSPS) is 39.0. The number of Topliss-reactive ketones (excluding diaryl/α,β-unsaturated/α-hetero) is 1. The highest BCUT2D eigenvalue weighted by molar-refractivity contribution is 5.93. The van der Waals surface area contributed by atoms with E-state index in [4.69, 9.17) is 14.2 Å². The standard InChI is InChI=1S/C31H44O7/c1-18-15-24(36-7)30(6)22(17-37-18)20(3)31(35)16-23(19(2)26(29(31,4)5)27(33)28(30)34)38-25(32)14-13-21-11-9-8-10-12-21/h8-12,18,20,22-24,27,33,35H,13-17H2,1-7H3/t18-,20-,22?,23-,24-,27+,30-,31+/m0/s1. The van der Waals surface area contributed by atoms with Crippen molar-refractivity contribution in [3.05, 3.63) is 47.0 Å². The van der Waals surface area contributed by atoms with Crippen LogP contribution in [0.25, 0.3) is 0 Å². The van der Waals surface area contributed by atoms with Crippen LogP contribution >= 0.6 is 0 Å². The quantitative estimate of drug-likeness (QED) is 0.439. The number of aliphatic hydroxyl groups excluding tert-OH is 1. The fraction of sp³-hybridized carbons (Fsp3) is 0.677. The van der Waals surface area contributed by atoms with Crippen molar-refractivity contribution in [3.8, 4) is 0 Å². The Morgan fingerprint density at radius 1 is 1.16 bits per heavy atom. The summed E-state index contributed by atoms with van der Waals surface area (Å²) in [5, 5.41) is 24.3. The molecular weight excluding hydrogens is 484 g/mol. The number of ketones is 1. The first-order chi connectivity index (χ1) is 17.8. The average molecular weight is 529 g/mol. The lowest BCUT2D eigenvalue weighted by Gasteiger charge is -2.59. The van der Waals surface area contributed by atoms with E-state index < -0.39 is 46.6 Å². The smallest absolute Gasteiger partial charge is 0.306 e. The van der Waals surface area contributed by atoms with Gasteiger partial charge in [-0.25, -0.2) is 0 Å². The van der Waals surface area contributed by atoms with E-state index in [9.17, 15) is 19.8 Å². The third kappa shape index (κ3) is 4.55. The largest absolute Gasteiger partial charge is 0.458 e. The second-order valence-electron chi connectivity index (χ2n) is 12.4. The molecule has 1 saturated carbocycles. The van der Waals surface area contributed by atoms with Gasteiger partial charge in [-0.1, -0.05) is 51.1 Å². The van der Waals surface area contributed by atoms with E-state index in [1.807, 2.05) is 65.0 Å². The number of benzene rings is 1. The number of hydrogen-bond donors (Lipinski definition) is 2. The highest BCUT2D eigenvalue weighted by Crippen LogP contribution is 2.60. The molecule has 1 aromatic carbocycles. The van der Waals surface area contributed by atoms with Gasteiger partial charge in [0.2, 0.25) is 0 Å². The van der Waals surface area contributed by atoms with Gasteiger partial charge in [0.15, 0.2) is 5.78 Å². The number of ether oxygens (including phenoxy) is 3. The molecule has 3 aliphatic rings. The number of carbonyl (C=O) groups is 2. The summed E-state index contributed by atoms with van der Waals surface area (Å²) in [7, 11) is 1.59. The van der Waals surface area contributed by atoms with Crippen molar-refractivity contribution < 1.29 is 34.0 Å². The minimum absolute atomic E-state index is 0.136. The summed E-state index contributed by atoms with van der Waals surface area (Å²) >= 11 is 0. The Kier molecular flexibility index (Phi) is 7.99. The molecule has 1 unspecified atom stereocenters. The van der Waals surface area contributed by atoms with Crippen molar-refractivity contribution in [1.82, 2.24) is 0 Å². The van der Waals surface area contributed by atoms with Gasteiger partial charge in [0.25, 0.3) is 0 Å². The molecule has 38 heavy (non-hydrogen) atoms. The molecule has 1 aromatic rings. The van der Waals surface area contributed by atoms with Crippen LogP contribution in [0.4, 0.5) is 0 Å². The number of rotatable bonds is 5. The zero-order valence-electron chi connectivity index (χ0n) is 23.8. The Labute approximate surface area is 226 Å². The third-order valence-corrected chi connectivity index (χ3v) is 10.1. The van der Waals surface area contributed by atoms with Crippen LogP contribution in [0.3, 0.4) is 0 Å². The topological polar surface area (TPSA) is 102 Å². The zero-order chi connectivity index (χ0) is 28.0. The van der Waals surface area contributed by atoms with E-state index in [2.05, 4.69) is 0 Å². The van der Waals surface area contributed by atoms with Crippen molar-refractivity contribution in [3.63, 3.8) is 0 Å². The Balaban J connectivity index is 1.74. The van der Waals surface area contributed by atoms with E-state index in [0.29, 0.717) is 24.0 Å². The third-order valence-electron chi connectivity index (χ3n) is 10.1. The molecule has 2 bridgehead atoms. The second kappa shape index (κ2) is 10.5. The van der Waals surface area contributed by atoms with Gasteiger partial charge in [-0.15, -0.1) is 0 Å². The van der Waals surface area contributed by atoms with E-state index in [1.165, 1.54) is 0 Å². The summed E-state index contributed by atoms with van der Waals surface area (Å²) < 4.78 is 18.0. The first kappa shape index (κ1) is 28.9. The molecule has 1 heterocycles. The molecule has 8 atom stereocenters. The van der Waals surface area contributed by atoms with Crippen molar-refractivity contribution in [2.24, 2.45) is 22.7 Å². The molecule has 7 nitrogen and oxygen atoms in total. The average Bonchev–Trinajstić information content (AvgIpc) is 3.01. The van der Waals surface area contributed by atoms with Gasteiger partial charge < -0.3 is 24.4 Å². The van der Waals surface area contributed by atoms with Crippen LogP contribution < -0.4 is 0 Å². The highest BCUT2D eigenvalue weighted by Gasteiger charge is 2.66. The number of aliphatic hydroxyl groups is 2. The van der Waals surface area contributed by atoms with E-state index in [1.54, 1.807) is 14.0 Å². The van der Waals surface area contributed by atoms with Gasteiger partial charge in [0.05, 0.1) is 29.8 Å². The van der Waals surface area contributed by atoms with Crippen molar-refractivity contribution >= 4 is 11.8 Å². The number of esters is 1. The highest BCUT2D eigenvalue weighted by atomic mass is 16.5. The Morgan fingerprint density at radius 3 is 2.45 bits per heavy atom. The first-order valence-corrected chi connectivity index (χ1v) is 13.8. The van der Waals surface area contributed by atoms with E-state index in [-0.39, 0.29) is 37.3 Å². The molecular formula is C31H44O7. The lowest BCUT2D eigenvalue weighted by molar-refractivity contribution is -0.194. The van der Waals surface area contributed by atoms with Gasteiger partial charge in [0.1, 0.15) is 12.2 Å². The maximum Gasteiger partial charge on any atom is 0.306 e. The number of hydrogen-bond acceptors (Lipinski definition) is 7. The van der Waals surface area contributed by atoms with Crippen LogP contribution in [-0.4, -0.2) is 65.7 Å². The van der Waals surface area contributed by atoms with E-state index in [0.717, 1.165) is 5.56 Å².